The Bertz CT molecular complexity index is 490. The van der Waals surface area contributed by atoms with Crippen molar-refractivity contribution in [1.29, 1.82) is 0 Å². The quantitative estimate of drug-likeness (QED) is 0.771. The molecule has 0 spiro atoms. The second-order valence-electron chi connectivity index (χ2n) is 5.44. The van der Waals surface area contributed by atoms with E-state index in [9.17, 15) is 4.79 Å². The smallest absolute Gasteiger partial charge is 0.263 e. The number of nitrogens with one attached hydrogen (secondary N) is 1. The predicted octanol–water partition coefficient (Wildman–Crippen LogP) is 1.34. The molecule has 1 fully saturated rings. The predicted molar refractivity (Wildman–Crippen MR) is 81.4 cm³/mol. The number of likely N-dealkylation sites (tertiary alicyclic amines) is 1. The third-order valence-electron chi connectivity index (χ3n) is 3.66. The van der Waals surface area contributed by atoms with Crippen LogP contribution < -0.4 is 10.1 Å². The van der Waals surface area contributed by atoms with Gasteiger partial charge < -0.3 is 19.7 Å². The van der Waals surface area contributed by atoms with E-state index in [1.807, 2.05) is 19.2 Å². The average molecular weight is 292 g/mol. The van der Waals surface area contributed by atoms with E-state index in [0.29, 0.717) is 13.2 Å². The molecule has 1 amide bonds. The summed E-state index contributed by atoms with van der Waals surface area (Å²) < 4.78 is 11.0. The summed E-state index contributed by atoms with van der Waals surface area (Å²) in [5, 5.41) is 3.31. The van der Waals surface area contributed by atoms with E-state index in [1.54, 1.807) is 12.0 Å². The van der Waals surface area contributed by atoms with Crippen LogP contribution in [0, 0.1) is 6.92 Å². The summed E-state index contributed by atoms with van der Waals surface area (Å²) >= 11 is 0. The van der Waals surface area contributed by atoms with Gasteiger partial charge in [0.05, 0.1) is 6.61 Å². The van der Waals surface area contributed by atoms with Gasteiger partial charge in [-0.15, -0.1) is 0 Å². The minimum atomic E-state index is -0.351. The van der Waals surface area contributed by atoms with E-state index in [4.69, 9.17) is 9.47 Å². The van der Waals surface area contributed by atoms with E-state index in [1.165, 1.54) is 5.56 Å². The first-order valence-electron chi connectivity index (χ1n) is 7.32. The molecule has 0 saturated carbocycles. The average Bonchev–Trinajstić information content (AvgIpc) is 2.78. The SMILES string of the molecule is COCCNCc1cc(C)ccc1OC1CCN(C)C1=O. The number of aryl methyl sites for hydroxylation is 1. The molecular weight excluding hydrogens is 268 g/mol. The zero-order valence-electron chi connectivity index (χ0n) is 13.0. The van der Waals surface area contributed by atoms with Gasteiger partial charge in [-0.3, -0.25) is 4.79 Å². The van der Waals surface area contributed by atoms with Crippen LogP contribution in [0.3, 0.4) is 0 Å². The molecule has 0 radical (unpaired) electrons. The Labute approximate surface area is 126 Å². The van der Waals surface area contributed by atoms with Crippen LogP contribution in [0.1, 0.15) is 17.5 Å². The van der Waals surface area contributed by atoms with Gasteiger partial charge in [0.1, 0.15) is 5.75 Å². The lowest BCUT2D eigenvalue weighted by Crippen LogP contribution is -2.30. The molecule has 5 heteroatoms. The second-order valence-corrected chi connectivity index (χ2v) is 5.44. The van der Waals surface area contributed by atoms with E-state index < -0.39 is 0 Å². The van der Waals surface area contributed by atoms with E-state index >= 15 is 0 Å². The molecule has 21 heavy (non-hydrogen) atoms. The number of carbonyl (C=O) groups is 1. The number of ether oxygens (including phenoxy) is 2. The number of amides is 1. The fourth-order valence-corrected chi connectivity index (χ4v) is 2.41. The first kappa shape index (κ1) is 15.8. The maximum absolute atomic E-state index is 12.0. The van der Waals surface area contributed by atoms with Gasteiger partial charge in [0.25, 0.3) is 5.91 Å². The number of likely N-dealkylation sites (N-methyl/N-ethyl adjacent to an activating group) is 1. The van der Waals surface area contributed by atoms with Gasteiger partial charge in [0.15, 0.2) is 6.10 Å². The maximum atomic E-state index is 12.0. The number of rotatable bonds is 7. The third-order valence-corrected chi connectivity index (χ3v) is 3.66. The summed E-state index contributed by atoms with van der Waals surface area (Å²) in [6.45, 7) is 4.98. The summed E-state index contributed by atoms with van der Waals surface area (Å²) in [5.41, 5.74) is 2.26. The lowest BCUT2D eigenvalue weighted by Gasteiger charge is -2.17. The summed E-state index contributed by atoms with van der Waals surface area (Å²) in [6.07, 6.45) is 0.398. The van der Waals surface area contributed by atoms with Crippen LogP contribution in [0.15, 0.2) is 18.2 Å². The molecule has 1 aromatic carbocycles. The molecule has 1 unspecified atom stereocenters. The summed E-state index contributed by atoms with van der Waals surface area (Å²) in [4.78, 5) is 13.7. The largest absolute Gasteiger partial charge is 0.480 e. The van der Waals surface area contributed by atoms with Gasteiger partial charge in [-0.2, -0.15) is 0 Å². The molecule has 1 atom stereocenters. The molecule has 0 aromatic heterocycles. The van der Waals surface area contributed by atoms with Gasteiger partial charge in [0.2, 0.25) is 0 Å². The van der Waals surface area contributed by atoms with Crippen LogP contribution in [0.25, 0.3) is 0 Å². The first-order valence-corrected chi connectivity index (χ1v) is 7.32. The summed E-state index contributed by atoms with van der Waals surface area (Å²) in [6, 6.07) is 6.06. The topological polar surface area (TPSA) is 50.8 Å². The number of methoxy groups -OCH3 is 1. The zero-order chi connectivity index (χ0) is 15.2. The van der Waals surface area contributed by atoms with Crippen LogP contribution in [0.5, 0.6) is 5.75 Å². The van der Waals surface area contributed by atoms with Crippen LogP contribution in [-0.2, 0) is 16.1 Å². The monoisotopic (exact) mass is 292 g/mol. The van der Waals surface area contributed by atoms with Crippen molar-refractivity contribution in [3.8, 4) is 5.75 Å². The fraction of sp³-hybridized carbons (Fsp3) is 0.562. The normalized spacial score (nSPS) is 18.3. The molecule has 1 aliphatic rings. The number of nitrogens with zero attached hydrogens (tertiary/aromatic N) is 1. The highest BCUT2D eigenvalue weighted by molar-refractivity contribution is 5.83. The van der Waals surface area contributed by atoms with Crippen molar-refractivity contribution in [2.45, 2.75) is 26.0 Å². The van der Waals surface area contributed by atoms with Crippen LogP contribution >= 0.6 is 0 Å². The van der Waals surface area contributed by atoms with Crippen molar-refractivity contribution in [2.24, 2.45) is 0 Å². The maximum Gasteiger partial charge on any atom is 0.263 e. The number of hydrogen-bond acceptors (Lipinski definition) is 4. The lowest BCUT2D eigenvalue weighted by molar-refractivity contribution is -0.132. The Morgan fingerprint density at radius 2 is 2.24 bits per heavy atom. The molecular formula is C16H24N2O3. The van der Waals surface area contributed by atoms with Crippen LogP contribution in [-0.4, -0.2) is 50.8 Å². The molecule has 116 valence electrons. The highest BCUT2D eigenvalue weighted by Gasteiger charge is 2.31. The van der Waals surface area contributed by atoms with Crippen molar-refractivity contribution in [1.82, 2.24) is 10.2 Å². The molecule has 1 aliphatic heterocycles. The number of hydrogen-bond donors (Lipinski definition) is 1. The van der Waals surface area contributed by atoms with Crippen molar-refractivity contribution < 1.29 is 14.3 Å². The highest BCUT2D eigenvalue weighted by atomic mass is 16.5. The Balaban J connectivity index is 2.02. The minimum absolute atomic E-state index is 0.0638. The standard InChI is InChI=1S/C16H24N2O3/c1-12-4-5-14(13(10-12)11-17-7-9-20-3)21-15-6-8-18(2)16(15)19/h4-5,10,15,17H,6-9,11H2,1-3H3. The Morgan fingerprint density at radius 1 is 1.43 bits per heavy atom. The fourth-order valence-electron chi connectivity index (χ4n) is 2.41. The van der Waals surface area contributed by atoms with E-state index in [-0.39, 0.29) is 12.0 Å². The third kappa shape index (κ3) is 4.19. The van der Waals surface area contributed by atoms with Crippen molar-refractivity contribution in [2.75, 3.05) is 33.9 Å². The zero-order valence-corrected chi connectivity index (χ0v) is 13.0. The van der Waals surface area contributed by atoms with Gasteiger partial charge in [-0.05, 0) is 13.0 Å². The Kier molecular flexibility index (Phi) is 5.59. The Hall–Kier alpha value is -1.59. The molecule has 2 rings (SSSR count). The molecule has 1 saturated heterocycles. The van der Waals surface area contributed by atoms with Gasteiger partial charge in [0, 0.05) is 45.8 Å². The first-order chi connectivity index (χ1) is 10.1. The minimum Gasteiger partial charge on any atom is -0.480 e. The molecule has 1 aromatic rings. The van der Waals surface area contributed by atoms with E-state index in [2.05, 4.69) is 18.3 Å². The lowest BCUT2D eigenvalue weighted by atomic mass is 10.1. The van der Waals surface area contributed by atoms with Crippen LogP contribution in [0.4, 0.5) is 0 Å². The van der Waals surface area contributed by atoms with Crippen molar-refractivity contribution in [3.63, 3.8) is 0 Å². The molecule has 1 heterocycles. The van der Waals surface area contributed by atoms with Gasteiger partial charge in [-0.1, -0.05) is 17.7 Å². The second kappa shape index (κ2) is 7.43. The molecule has 1 N–H and O–H groups in total. The summed E-state index contributed by atoms with van der Waals surface area (Å²) in [5.74, 6) is 0.855. The Morgan fingerprint density at radius 3 is 2.90 bits per heavy atom. The van der Waals surface area contributed by atoms with E-state index in [0.717, 1.165) is 30.8 Å². The molecule has 0 bridgehead atoms. The van der Waals surface area contributed by atoms with Gasteiger partial charge in [-0.25, -0.2) is 0 Å². The highest BCUT2D eigenvalue weighted by Crippen LogP contribution is 2.24. The number of carbonyl (C=O) groups excluding carboxylic acids is 1. The van der Waals surface area contributed by atoms with Crippen molar-refractivity contribution in [3.05, 3.63) is 29.3 Å². The van der Waals surface area contributed by atoms with Crippen molar-refractivity contribution >= 4 is 5.91 Å². The molecule has 5 nitrogen and oxygen atoms in total. The number of benzene rings is 1. The van der Waals surface area contributed by atoms with Crippen LogP contribution in [0.2, 0.25) is 0 Å². The van der Waals surface area contributed by atoms with Gasteiger partial charge >= 0.3 is 0 Å². The summed E-state index contributed by atoms with van der Waals surface area (Å²) in [7, 11) is 3.50. The molecule has 0 aliphatic carbocycles.